The lowest BCUT2D eigenvalue weighted by Crippen LogP contribution is -2.23. The minimum absolute atomic E-state index is 0.125. The highest BCUT2D eigenvalue weighted by Crippen LogP contribution is 2.25. The van der Waals surface area contributed by atoms with Gasteiger partial charge in [-0.3, -0.25) is 19.0 Å². The Kier molecular flexibility index (Phi) is 1.48. The molecule has 3 heterocycles. The number of aromatic amines is 1. The van der Waals surface area contributed by atoms with E-state index in [2.05, 4.69) is 20.2 Å². The molecule has 0 saturated heterocycles. The quantitative estimate of drug-likeness (QED) is 0.474. The largest absolute Gasteiger partial charge is 0.287 e. The molecular formula is C11H5N5O2. The number of rotatable bonds is 0. The molecule has 86 valence electrons. The molecule has 7 heteroatoms. The van der Waals surface area contributed by atoms with Crippen molar-refractivity contribution >= 4 is 17.3 Å². The van der Waals surface area contributed by atoms with Gasteiger partial charge in [-0.2, -0.15) is 5.10 Å². The van der Waals surface area contributed by atoms with Gasteiger partial charge in [0.25, 0.3) is 0 Å². The summed E-state index contributed by atoms with van der Waals surface area (Å²) in [6.45, 7) is 0. The van der Waals surface area contributed by atoms with E-state index in [-0.39, 0.29) is 28.6 Å². The summed E-state index contributed by atoms with van der Waals surface area (Å²) in [6, 6.07) is 3.22. The van der Waals surface area contributed by atoms with Crippen LogP contribution < -0.4 is 0 Å². The lowest BCUT2D eigenvalue weighted by Gasteiger charge is -2.11. The number of imidazole rings is 1. The van der Waals surface area contributed by atoms with Crippen LogP contribution in [-0.2, 0) is 0 Å². The van der Waals surface area contributed by atoms with Crippen LogP contribution in [0.2, 0.25) is 0 Å². The van der Waals surface area contributed by atoms with Crippen LogP contribution in [0.4, 0.5) is 0 Å². The Balaban J connectivity index is 2.14. The summed E-state index contributed by atoms with van der Waals surface area (Å²) in [7, 11) is 0. The van der Waals surface area contributed by atoms with Crippen LogP contribution in [0.5, 0.6) is 0 Å². The fraction of sp³-hybridized carbons (Fsp3) is 0. The number of carbonyl (C=O) groups excluding carboxylic acids is 2. The van der Waals surface area contributed by atoms with E-state index in [4.69, 9.17) is 0 Å². The van der Waals surface area contributed by atoms with Crippen LogP contribution in [0.25, 0.3) is 5.78 Å². The Morgan fingerprint density at radius 1 is 1.17 bits per heavy atom. The molecule has 3 aromatic heterocycles. The maximum absolute atomic E-state index is 12.3. The van der Waals surface area contributed by atoms with E-state index in [1.807, 2.05) is 0 Å². The summed E-state index contributed by atoms with van der Waals surface area (Å²) in [5.41, 5.74) is 0.825. The first-order chi connectivity index (χ1) is 8.77. The second-order valence-corrected chi connectivity index (χ2v) is 3.92. The number of ketones is 2. The van der Waals surface area contributed by atoms with Gasteiger partial charge in [-0.25, -0.2) is 10.1 Å². The van der Waals surface area contributed by atoms with Crippen molar-refractivity contribution in [2.45, 2.75) is 0 Å². The first-order valence-corrected chi connectivity index (χ1v) is 5.23. The molecule has 0 spiro atoms. The lowest BCUT2D eigenvalue weighted by molar-refractivity contribution is 0.0969. The van der Waals surface area contributed by atoms with Gasteiger partial charge < -0.3 is 0 Å². The molecular weight excluding hydrogens is 234 g/mol. The van der Waals surface area contributed by atoms with Gasteiger partial charge in [0, 0.05) is 6.20 Å². The maximum Gasteiger partial charge on any atom is 0.232 e. The minimum atomic E-state index is -0.336. The van der Waals surface area contributed by atoms with Crippen LogP contribution in [-0.4, -0.2) is 36.1 Å². The average molecular weight is 239 g/mol. The molecule has 1 aliphatic carbocycles. The number of H-pyrrole nitrogens is 1. The van der Waals surface area contributed by atoms with Crippen molar-refractivity contribution in [2.75, 3.05) is 0 Å². The summed E-state index contributed by atoms with van der Waals surface area (Å²) in [5.74, 6) is -0.228. The van der Waals surface area contributed by atoms with Crippen LogP contribution in [0, 0.1) is 0 Å². The van der Waals surface area contributed by atoms with Crippen molar-refractivity contribution < 1.29 is 9.59 Å². The summed E-state index contributed by atoms with van der Waals surface area (Å²) in [4.78, 5) is 32.6. The number of nitrogens with zero attached hydrogens (tertiary/aromatic N) is 4. The van der Waals surface area contributed by atoms with E-state index in [1.165, 1.54) is 16.9 Å². The van der Waals surface area contributed by atoms with E-state index >= 15 is 0 Å². The van der Waals surface area contributed by atoms with E-state index in [1.54, 1.807) is 12.1 Å². The van der Waals surface area contributed by atoms with Crippen molar-refractivity contribution in [3.05, 3.63) is 47.3 Å². The SMILES string of the molecule is O=C1c2ncccc2C(=O)c2c1nc1[nH]ncn21. The number of carbonyl (C=O) groups is 2. The predicted octanol–water partition coefficient (Wildman–Crippen LogP) is 0.228. The molecule has 0 aromatic carbocycles. The molecule has 3 aromatic rings. The zero-order chi connectivity index (χ0) is 12.3. The Bertz CT molecular complexity index is 829. The molecule has 0 radical (unpaired) electrons. The predicted molar refractivity (Wildman–Crippen MR) is 58.4 cm³/mol. The number of hydrogen-bond acceptors (Lipinski definition) is 5. The first-order valence-electron chi connectivity index (χ1n) is 5.23. The standard InChI is InChI=1S/C11H5N5O2/c17-9-5-2-1-3-12-6(5)10(18)7-8(9)16-4-13-15-11(16)14-7/h1-4H,(H,14,15). The number of nitrogens with one attached hydrogen (secondary N) is 1. The summed E-state index contributed by atoms with van der Waals surface area (Å²) >= 11 is 0. The molecule has 0 fully saturated rings. The lowest BCUT2D eigenvalue weighted by atomic mass is 9.94. The van der Waals surface area contributed by atoms with Gasteiger partial charge in [0.15, 0.2) is 0 Å². The van der Waals surface area contributed by atoms with Crippen LogP contribution in [0.1, 0.15) is 32.2 Å². The monoisotopic (exact) mass is 239 g/mol. The van der Waals surface area contributed by atoms with Gasteiger partial charge in [-0.05, 0) is 12.1 Å². The zero-order valence-electron chi connectivity index (χ0n) is 8.91. The maximum atomic E-state index is 12.3. The summed E-state index contributed by atoms with van der Waals surface area (Å²) in [5, 5.41) is 6.40. The highest BCUT2D eigenvalue weighted by molar-refractivity contribution is 6.26. The van der Waals surface area contributed by atoms with E-state index < -0.39 is 0 Å². The highest BCUT2D eigenvalue weighted by atomic mass is 16.1. The molecule has 4 rings (SSSR count). The average Bonchev–Trinajstić information content (AvgIpc) is 2.96. The molecule has 0 bridgehead atoms. The minimum Gasteiger partial charge on any atom is -0.287 e. The first kappa shape index (κ1) is 9.23. The zero-order valence-corrected chi connectivity index (χ0v) is 8.91. The second kappa shape index (κ2) is 2.89. The van der Waals surface area contributed by atoms with Crippen LogP contribution >= 0.6 is 0 Å². The van der Waals surface area contributed by atoms with E-state index in [9.17, 15) is 9.59 Å². The topological polar surface area (TPSA) is 93.0 Å². The second-order valence-electron chi connectivity index (χ2n) is 3.92. The number of aromatic nitrogens is 5. The normalized spacial score (nSPS) is 13.8. The van der Waals surface area contributed by atoms with Gasteiger partial charge in [0.1, 0.15) is 23.4 Å². The third kappa shape index (κ3) is 0.915. The molecule has 0 aliphatic heterocycles. The van der Waals surface area contributed by atoms with Gasteiger partial charge in [-0.1, -0.05) is 0 Å². The van der Waals surface area contributed by atoms with Crippen molar-refractivity contribution in [1.82, 2.24) is 24.6 Å². The van der Waals surface area contributed by atoms with E-state index in [0.717, 1.165) is 0 Å². The summed E-state index contributed by atoms with van der Waals surface area (Å²) < 4.78 is 1.48. The van der Waals surface area contributed by atoms with Crippen molar-refractivity contribution in [2.24, 2.45) is 0 Å². The fourth-order valence-corrected chi connectivity index (χ4v) is 2.15. The Morgan fingerprint density at radius 2 is 2.06 bits per heavy atom. The fourth-order valence-electron chi connectivity index (χ4n) is 2.15. The van der Waals surface area contributed by atoms with E-state index in [0.29, 0.717) is 11.3 Å². The highest BCUT2D eigenvalue weighted by Gasteiger charge is 2.35. The molecule has 0 amide bonds. The van der Waals surface area contributed by atoms with Gasteiger partial charge in [0.05, 0.1) is 5.56 Å². The van der Waals surface area contributed by atoms with Gasteiger partial charge >= 0.3 is 0 Å². The number of fused-ring (bicyclic) bond motifs is 4. The molecule has 7 nitrogen and oxygen atoms in total. The molecule has 1 aliphatic rings. The van der Waals surface area contributed by atoms with Crippen molar-refractivity contribution in [1.29, 1.82) is 0 Å². The molecule has 18 heavy (non-hydrogen) atoms. The van der Waals surface area contributed by atoms with Crippen LogP contribution in [0.3, 0.4) is 0 Å². The number of pyridine rings is 1. The molecule has 0 saturated carbocycles. The Hall–Kier alpha value is -2.83. The smallest absolute Gasteiger partial charge is 0.232 e. The third-order valence-electron chi connectivity index (χ3n) is 2.95. The third-order valence-corrected chi connectivity index (χ3v) is 2.95. The van der Waals surface area contributed by atoms with Gasteiger partial charge in [-0.15, -0.1) is 0 Å². The molecule has 0 atom stereocenters. The van der Waals surface area contributed by atoms with Crippen molar-refractivity contribution in [3.8, 4) is 0 Å². The summed E-state index contributed by atoms with van der Waals surface area (Å²) in [6.07, 6.45) is 2.91. The van der Waals surface area contributed by atoms with Crippen LogP contribution in [0.15, 0.2) is 24.7 Å². The Morgan fingerprint density at radius 3 is 2.94 bits per heavy atom. The Labute approximate surface area is 99.5 Å². The number of hydrogen-bond donors (Lipinski definition) is 1. The molecule has 1 N–H and O–H groups in total. The van der Waals surface area contributed by atoms with Gasteiger partial charge in [0.2, 0.25) is 17.3 Å². The van der Waals surface area contributed by atoms with Crippen molar-refractivity contribution in [3.63, 3.8) is 0 Å². The molecule has 0 unspecified atom stereocenters.